The van der Waals surface area contributed by atoms with Gasteiger partial charge in [-0.15, -0.1) is 11.3 Å². The van der Waals surface area contributed by atoms with Gasteiger partial charge in [-0.05, 0) is 54.2 Å². The molecule has 3 heterocycles. The van der Waals surface area contributed by atoms with Crippen LogP contribution in [0.5, 0.6) is 5.75 Å². The molecule has 2 aromatic heterocycles. The fraction of sp³-hybridized carbons (Fsp3) is 0.308. The molecule has 35 heavy (non-hydrogen) atoms. The van der Waals surface area contributed by atoms with E-state index in [4.69, 9.17) is 4.74 Å². The van der Waals surface area contributed by atoms with Crippen molar-refractivity contribution in [3.8, 4) is 11.8 Å². The van der Waals surface area contributed by atoms with E-state index in [1.807, 2.05) is 42.5 Å². The molecule has 2 N–H and O–H groups in total. The molecule has 0 spiro atoms. The molecular weight excluding hydrogens is 462 g/mol. The fourth-order valence-electron chi connectivity index (χ4n) is 4.49. The summed E-state index contributed by atoms with van der Waals surface area (Å²) in [6.07, 6.45) is 3.05. The average Bonchev–Trinajstić information content (AvgIpc) is 3.63. The van der Waals surface area contributed by atoms with E-state index in [9.17, 15) is 14.9 Å². The third-order valence-electron chi connectivity index (χ3n) is 6.49. The molecule has 1 saturated carbocycles. The number of nitrogens with zero attached hydrogens (tertiary/aromatic N) is 3. The number of pyridine rings is 1. The summed E-state index contributed by atoms with van der Waals surface area (Å²) in [5.74, 6) is 0.739. The van der Waals surface area contributed by atoms with E-state index in [0.717, 1.165) is 33.9 Å². The molecule has 1 aliphatic carbocycles. The fourth-order valence-corrected chi connectivity index (χ4v) is 5.71. The number of carbonyl (C=O) groups excluding carboxylic acids is 2. The summed E-state index contributed by atoms with van der Waals surface area (Å²) in [5, 5.41) is 16.3. The van der Waals surface area contributed by atoms with E-state index in [1.165, 1.54) is 11.3 Å². The summed E-state index contributed by atoms with van der Waals surface area (Å²) < 4.78 is 5.29. The smallest absolute Gasteiger partial charge is 0.318 e. The molecule has 8 nitrogen and oxygen atoms in total. The van der Waals surface area contributed by atoms with Crippen molar-refractivity contribution in [1.82, 2.24) is 15.2 Å². The van der Waals surface area contributed by atoms with Crippen molar-refractivity contribution in [2.75, 3.05) is 19.0 Å². The van der Waals surface area contributed by atoms with E-state index < -0.39 is 0 Å². The number of ether oxygens (including phenoxy) is 1. The second-order valence-electron chi connectivity index (χ2n) is 8.69. The van der Waals surface area contributed by atoms with Crippen molar-refractivity contribution in [2.45, 2.75) is 31.8 Å². The van der Waals surface area contributed by atoms with Gasteiger partial charge in [-0.3, -0.25) is 9.78 Å². The lowest BCUT2D eigenvalue weighted by molar-refractivity contribution is -0.117. The summed E-state index contributed by atoms with van der Waals surface area (Å²) in [7, 11) is 1.63. The lowest BCUT2D eigenvalue weighted by atomic mass is 10.0. The second-order valence-corrected chi connectivity index (χ2v) is 9.79. The predicted octanol–water partition coefficient (Wildman–Crippen LogP) is 4.03. The van der Waals surface area contributed by atoms with Crippen LogP contribution in [0.15, 0.2) is 48.7 Å². The number of urea groups is 1. The van der Waals surface area contributed by atoms with Crippen LogP contribution in [0.4, 0.5) is 9.80 Å². The van der Waals surface area contributed by atoms with Gasteiger partial charge in [-0.1, -0.05) is 18.2 Å². The number of benzene rings is 1. The Labute approximate surface area is 207 Å². The number of anilines is 1. The van der Waals surface area contributed by atoms with Gasteiger partial charge < -0.3 is 20.3 Å². The van der Waals surface area contributed by atoms with Gasteiger partial charge in [-0.2, -0.15) is 5.26 Å². The lowest BCUT2D eigenvalue weighted by Crippen LogP contribution is -2.42. The largest absolute Gasteiger partial charge is 0.497 e. The Kier molecular flexibility index (Phi) is 6.38. The number of aromatic nitrogens is 1. The number of thiophene rings is 1. The Balaban J connectivity index is 1.23. The quantitative estimate of drug-likeness (QED) is 0.546. The molecular formula is C26H25N5O3S. The molecule has 1 aliphatic heterocycles. The summed E-state index contributed by atoms with van der Waals surface area (Å²) >= 11 is 1.39. The summed E-state index contributed by atoms with van der Waals surface area (Å²) in [6.45, 7) is 1.28. The average molecular weight is 488 g/mol. The maximum absolute atomic E-state index is 13.0. The normalized spacial score (nSPS) is 18.2. The van der Waals surface area contributed by atoms with E-state index in [0.29, 0.717) is 36.6 Å². The van der Waals surface area contributed by atoms with Gasteiger partial charge in [0.25, 0.3) is 0 Å². The number of nitrogens with one attached hydrogen (secondary N) is 2. The van der Waals surface area contributed by atoms with Crippen molar-refractivity contribution in [1.29, 1.82) is 5.26 Å². The first-order chi connectivity index (χ1) is 17.1. The Hall–Kier alpha value is -3.90. The number of rotatable bonds is 6. The molecule has 2 unspecified atom stereocenters. The Bertz CT molecular complexity index is 1300. The van der Waals surface area contributed by atoms with Crippen molar-refractivity contribution in [3.63, 3.8) is 0 Å². The second kappa shape index (κ2) is 9.76. The first-order valence-electron chi connectivity index (χ1n) is 11.5. The Morgan fingerprint density at radius 2 is 2.17 bits per heavy atom. The van der Waals surface area contributed by atoms with Crippen LogP contribution in [0.25, 0.3) is 0 Å². The standard InChI is InChI=1S/C26H25N5O3S/c1-34-18-7-4-5-16(11-18)20-12-21(20)24(32)30-25-22(13-27)19-8-10-31(15-23(19)35-25)26(33)29-14-17-6-2-3-9-28-17/h2-7,9,11,20-21H,8,10,12,14-15H2,1H3,(H,29,33)(H,30,32). The minimum absolute atomic E-state index is 0.0714. The molecule has 3 amide bonds. The maximum atomic E-state index is 13.0. The van der Waals surface area contributed by atoms with E-state index in [2.05, 4.69) is 21.7 Å². The summed E-state index contributed by atoms with van der Waals surface area (Å²) in [4.78, 5) is 32.5. The number of carbonyl (C=O) groups is 2. The van der Waals surface area contributed by atoms with Crippen molar-refractivity contribution < 1.29 is 14.3 Å². The molecule has 3 aromatic rings. The highest BCUT2D eigenvalue weighted by Crippen LogP contribution is 2.49. The van der Waals surface area contributed by atoms with Crippen LogP contribution in [-0.2, 0) is 24.3 Å². The number of nitriles is 1. The highest BCUT2D eigenvalue weighted by molar-refractivity contribution is 7.16. The molecule has 2 aliphatic rings. The highest BCUT2D eigenvalue weighted by Gasteiger charge is 2.44. The van der Waals surface area contributed by atoms with Crippen LogP contribution in [0, 0.1) is 17.2 Å². The van der Waals surface area contributed by atoms with Crippen molar-refractivity contribution in [3.05, 3.63) is 75.9 Å². The number of methoxy groups -OCH3 is 1. The van der Waals surface area contributed by atoms with Crippen molar-refractivity contribution in [2.24, 2.45) is 5.92 Å². The molecule has 1 aromatic carbocycles. The van der Waals surface area contributed by atoms with Gasteiger partial charge in [0.1, 0.15) is 16.8 Å². The molecule has 1 fully saturated rings. The number of fused-ring (bicyclic) bond motifs is 1. The van der Waals surface area contributed by atoms with E-state index in [1.54, 1.807) is 18.2 Å². The van der Waals surface area contributed by atoms with Gasteiger partial charge in [0, 0.05) is 23.5 Å². The number of hydrogen-bond donors (Lipinski definition) is 2. The van der Waals surface area contributed by atoms with Gasteiger partial charge in [-0.25, -0.2) is 4.79 Å². The summed E-state index contributed by atoms with van der Waals surface area (Å²) in [5.41, 5.74) is 3.33. The Morgan fingerprint density at radius 1 is 1.29 bits per heavy atom. The molecule has 9 heteroatoms. The molecule has 2 atom stereocenters. The zero-order chi connectivity index (χ0) is 24.4. The van der Waals surface area contributed by atoms with Crippen LogP contribution >= 0.6 is 11.3 Å². The van der Waals surface area contributed by atoms with Crippen LogP contribution in [0.2, 0.25) is 0 Å². The third-order valence-corrected chi connectivity index (χ3v) is 7.62. The maximum Gasteiger partial charge on any atom is 0.318 e. The Morgan fingerprint density at radius 3 is 2.94 bits per heavy atom. The minimum Gasteiger partial charge on any atom is -0.497 e. The van der Waals surface area contributed by atoms with Gasteiger partial charge >= 0.3 is 6.03 Å². The summed E-state index contributed by atoms with van der Waals surface area (Å²) in [6, 6.07) is 15.5. The number of amides is 3. The minimum atomic E-state index is -0.169. The molecule has 178 valence electrons. The van der Waals surface area contributed by atoms with E-state index >= 15 is 0 Å². The lowest BCUT2D eigenvalue weighted by Gasteiger charge is -2.27. The van der Waals surface area contributed by atoms with Gasteiger partial charge in [0.15, 0.2) is 0 Å². The molecule has 0 saturated heterocycles. The van der Waals surface area contributed by atoms with E-state index in [-0.39, 0.29) is 23.8 Å². The zero-order valence-corrected chi connectivity index (χ0v) is 20.1. The van der Waals surface area contributed by atoms with Crippen molar-refractivity contribution >= 4 is 28.3 Å². The zero-order valence-electron chi connectivity index (χ0n) is 19.3. The van der Waals surface area contributed by atoms with Crippen LogP contribution < -0.4 is 15.4 Å². The first-order valence-corrected chi connectivity index (χ1v) is 12.3. The number of hydrogen-bond acceptors (Lipinski definition) is 6. The SMILES string of the molecule is COc1cccc(C2CC2C(=O)Nc2sc3c(c2C#N)CCN(C(=O)NCc2ccccn2)C3)c1. The van der Waals surface area contributed by atoms with Crippen LogP contribution in [0.1, 0.15) is 39.6 Å². The topological polar surface area (TPSA) is 107 Å². The molecule has 5 rings (SSSR count). The monoisotopic (exact) mass is 487 g/mol. The third kappa shape index (κ3) is 4.84. The first kappa shape index (κ1) is 22.9. The van der Waals surface area contributed by atoms with Gasteiger partial charge in [0.05, 0.1) is 31.5 Å². The van der Waals surface area contributed by atoms with Gasteiger partial charge in [0.2, 0.25) is 5.91 Å². The van der Waals surface area contributed by atoms with Crippen LogP contribution in [0.3, 0.4) is 0 Å². The van der Waals surface area contributed by atoms with Crippen LogP contribution in [-0.4, -0.2) is 35.5 Å². The molecule has 0 radical (unpaired) electrons. The predicted molar refractivity (Wildman–Crippen MR) is 132 cm³/mol. The highest BCUT2D eigenvalue weighted by atomic mass is 32.1. The molecule has 0 bridgehead atoms.